The highest BCUT2D eigenvalue weighted by molar-refractivity contribution is 7.13. The minimum absolute atomic E-state index is 0.294. The van der Waals surface area contributed by atoms with Crippen molar-refractivity contribution in [3.05, 3.63) is 106 Å². The van der Waals surface area contributed by atoms with Gasteiger partial charge < -0.3 is 4.90 Å². The molecule has 4 heterocycles. The van der Waals surface area contributed by atoms with Crippen molar-refractivity contribution in [3.8, 4) is 11.1 Å². The van der Waals surface area contributed by atoms with Gasteiger partial charge in [-0.05, 0) is 61.7 Å². The van der Waals surface area contributed by atoms with Gasteiger partial charge in [0.15, 0.2) is 5.13 Å². The number of amides is 1. The summed E-state index contributed by atoms with van der Waals surface area (Å²) in [5.74, 6) is 0.239. The number of piperidine rings is 1. The Morgan fingerprint density at radius 2 is 1.82 bits per heavy atom. The number of nitrogens with one attached hydrogen (secondary N) is 1. The zero-order chi connectivity index (χ0) is 26.1. The number of carbonyl (C=O) groups is 1. The molecule has 0 aliphatic carbocycles. The summed E-state index contributed by atoms with van der Waals surface area (Å²) >= 11 is 1.32. The molecule has 8 nitrogen and oxygen atoms in total. The summed E-state index contributed by atoms with van der Waals surface area (Å²) in [6.07, 6.45) is 7.27. The lowest BCUT2D eigenvalue weighted by Gasteiger charge is -2.29. The molecule has 0 spiro atoms. The molecule has 1 fully saturated rings. The zero-order valence-corrected chi connectivity index (χ0v) is 21.8. The van der Waals surface area contributed by atoms with Gasteiger partial charge in [0.1, 0.15) is 17.9 Å². The Bertz CT molecular complexity index is 1600. The second-order valence-electron chi connectivity index (χ2n) is 9.74. The molecule has 0 radical (unpaired) electrons. The van der Waals surface area contributed by atoms with Crippen LogP contribution in [0.3, 0.4) is 0 Å². The lowest BCUT2D eigenvalue weighted by atomic mass is 9.89. The van der Waals surface area contributed by atoms with Crippen LogP contribution >= 0.6 is 11.3 Å². The third kappa shape index (κ3) is 4.78. The van der Waals surface area contributed by atoms with Gasteiger partial charge >= 0.3 is 0 Å². The standard InChI is InChI=1S/C29H28N6O2S/c1-33-14-11-22(12-15-33)20-7-9-21(10-8-20)24-17-25-28(37)34(19-31-35(25)18-24)26(23-5-3-2-4-6-23)27(36)32-29-30-13-16-38-29/h2-10,13,16-19,22,26H,11-12,14-15H2,1H3,(H,30,32,36). The van der Waals surface area contributed by atoms with Crippen molar-refractivity contribution in [1.29, 1.82) is 0 Å². The number of hydrogen-bond acceptors (Lipinski definition) is 6. The van der Waals surface area contributed by atoms with Crippen molar-refractivity contribution in [2.24, 2.45) is 0 Å². The molecule has 38 heavy (non-hydrogen) atoms. The Hall–Kier alpha value is -4.08. The number of benzene rings is 2. The molecule has 0 bridgehead atoms. The number of fused-ring (bicyclic) bond motifs is 1. The van der Waals surface area contributed by atoms with Crippen molar-refractivity contribution in [2.45, 2.75) is 24.8 Å². The molecule has 3 aromatic heterocycles. The van der Waals surface area contributed by atoms with Crippen molar-refractivity contribution < 1.29 is 4.79 Å². The molecule has 2 aromatic carbocycles. The Morgan fingerprint density at radius 3 is 2.53 bits per heavy atom. The molecule has 1 atom stereocenters. The Morgan fingerprint density at radius 1 is 1.05 bits per heavy atom. The number of aromatic nitrogens is 4. The maximum atomic E-state index is 13.7. The van der Waals surface area contributed by atoms with Gasteiger partial charge in [0, 0.05) is 23.3 Å². The van der Waals surface area contributed by atoms with Crippen molar-refractivity contribution in [2.75, 3.05) is 25.5 Å². The van der Waals surface area contributed by atoms with E-state index in [2.05, 4.69) is 51.6 Å². The Kier molecular flexibility index (Phi) is 6.61. The van der Waals surface area contributed by atoms with E-state index in [0.29, 0.717) is 22.1 Å². The molecular formula is C29H28N6O2S. The number of likely N-dealkylation sites (tertiary alicyclic amines) is 1. The molecule has 9 heteroatoms. The molecule has 0 saturated carbocycles. The number of nitrogens with zero attached hydrogens (tertiary/aromatic N) is 5. The maximum Gasteiger partial charge on any atom is 0.278 e. The quantitative estimate of drug-likeness (QED) is 0.349. The van der Waals surface area contributed by atoms with Crippen LogP contribution in [0.4, 0.5) is 5.13 Å². The van der Waals surface area contributed by atoms with Gasteiger partial charge in [-0.1, -0.05) is 54.6 Å². The minimum Gasteiger partial charge on any atom is -0.306 e. The Balaban J connectivity index is 1.33. The van der Waals surface area contributed by atoms with Gasteiger partial charge in [0.05, 0.1) is 0 Å². The molecule has 1 amide bonds. The third-order valence-electron chi connectivity index (χ3n) is 7.29. The number of hydrogen-bond donors (Lipinski definition) is 1. The first-order valence-electron chi connectivity index (χ1n) is 12.7. The number of carbonyl (C=O) groups excluding carboxylic acids is 1. The molecule has 1 unspecified atom stereocenters. The smallest absolute Gasteiger partial charge is 0.278 e. The summed E-state index contributed by atoms with van der Waals surface area (Å²) in [7, 11) is 2.18. The van der Waals surface area contributed by atoms with Crippen LogP contribution < -0.4 is 10.9 Å². The summed E-state index contributed by atoms with van der Waals surface area (Å²) in [6.45, 7) is 2.25. The number of thiazole rings is 1. The molecule has 6 rings (SSSR count). The third-order valence-corrected chi connectivity index (χ3v) is 7.98. The summed E-state index contributed by atoms with van der Waals surface area (Å²) in [5.41, 5.74) is 4.10. The highest BCUT2D eigenvalue weighted by Crippen LogP contribution is 2.30. The SMILES string of the molecule is CN1CCC(c2ccc(-c3cc4c(=O)n(C(C(=O)Nc5nccs5)c5ccccc5)cnn4c3)cc2)CC1. The lowest BCUT2D eigenvalue weighted by molar-refractivity contribution is -0.118. The van der Waals surface area contributed by atoms with Crippen LogP contribution in [0.1, 0.15) is 35.9 Å². The van der Waals surface area contributed by atoms with Crippen LogP contribution in [0.5, 0.6) is 0 Å². The fraction of sp³-hybridized carbons (Fsp3) is 0.241. The molecule has 192 valence electrons. The molecule has 1 saturated heterocycles. The normalized spacial score (nSPS) is 15.5. The first-order valence-corrected chi connectivity index (χ1v) is 13.6. The molecule has 5 aromatic rings. The fourth-order valence-electron chi connectivity index (χ4n) is 5.17. The van der Waals surface area contributed by atoms with E-state index < -0.39 is 6.04 Å². The topological polar surface area (TPSA) is 84.5 Å². The van der Waals surface area contributed by atoms with E-state index in [1.807, 2.05) is 42.6 Å². The highest BCUT2D eigenvalue weighted by Gasteiger charge is 2.26. The van der Waals surface area contributed by atoms with E-state index in [1.54, 1.807) is 16.1 Å². The summed E-state index contributed by atoms with van der Waals surface area (Å²) in [5, 5.41) is 9.59. The van der Waals surface area contributed by atoms with E-state index in [1.165, 1.54) is 40.6 Å². The van der Waals surface area contributed by atoms with Crippen molar-refractivity contribution in [3.63, 3.8) is 0 Å². The van der Waals surface area contributed by atoms with E-state index in [0.717, 1.165) is 24.2 Å². The van der Waals surface area contributed by atoms with Gasteiger partial charge in [-0.2, -0.15) is 5.10 Å². The fourth-order valence-corrected chi connectivity index (χ4v) is 5.70. The van der Waals surface area contributed by atoms with Crippen LogP contribution in [-0.2, 0) is 4.79 Å². The van der Waals surface area contributed by atoms with Gasteiger partial charge in [-0.15, -0.1) is 11.3 Å². The average Bonchev–Trinajstić information content (AvgIpc) is 3.62. The van der Waals surface area contributed by atoms with Gasteiger partial charge in [0.2, 0.25) is 0 Å². The van der Waals surface area contributed by atoms with E-state index in [4.69, 9.17) is 0 Å². The van der Waals surface area contributed by atoms with Gasteiger partial charge in [-0.3, -0.25) is 19.5 Å². The molecule has 1 N–H and O–H groups in total. The number of anilines is 1. The van der Waals surface area contributed by atoms with Gasteiger partial charge in [0.25, 0.3) is 11.5 Å². The number of rotatable bonds is 6. The van der Waals surface area contributed by atoms with Crippen molar-refractivity contribution >= 4 is 27.9 Å². The first kappa shape index (κ1) is 24.3. The second-order valence-corrected chi connectivity index (χ2v) is 10.6. The zero-order valence-electron chi connectivity index (χ0n) is 21.0. The largest absolute Gasteiger partial charge is 0.306 e. The van der Waals surface area contributed by atoms with Crippen LogP contribution in [0.15, 0.2) is 89.6 Å². The van der Waals surface area contributed by atoms with Crippen molar-refractivity contribution in [1.82, 2.24) is 24.1 Å². The van der Waals surface area contributed by atoms with E-state index >= 15 is 0 Å². The average molecular weight is 525 g/mol. The summed E-state index contributed by atoms with van der Waals surface area (Å²) in [4.78, 5) is 33.6. The highest BCUT2D eigenvalue weighted by atomic mass is 32.1. The molecule has 1 aliphatic heterocycles. The first-order chi connectivity index (χ1) is 18.6. The van der Waals surface area contributed by atoms with Crippen LogP contribution in [0, 0.1) is 0 Å². The molecule has 1 aliphatic rings. The van der Waals surface area contributed by atoms with Gasteiger partial charge in [-0.25, -0.2) is 9.50 Å². The van der Waals surface area contributed by atoms with Crippen LogP contribution in [0.2, 0.25) is 0 Å². The monoisotopic (exact) mass is 524 g/mol. The van der Waals surface area contributed by atoms with Crippen LogP contribution in [0.25, 0.3) is 16.6 Å². The second kappa shape index (κ2) is 10.4. The van der Waals surface area contributed by atoms with Crippen LogP contribution in [-0.4, -0.2) is 50.1 Å². The lowest BCUT2D eigenvalue weighted by Crippen LogP contribution is -2.35. The van der Waals surface area contributed by atoms with E-state index in [9.17, 15) is 9.59 Å². The summed E-state index contributed by atoms with van der Waals surface area (Å²) < 4.78 is 2.97. The predicted octanol–water partition coefficient (Wildman–Crippen LogP) is 4.66. The molecular weight excluding hydrogens is 496 g/mol. The minimum atomic E-state index is -0.891. The predicted molar refractivity (Wildman–Crippen MR) is 150 cm³/mol. The van der Waals surface area contributed by atoms with E-state index in [-0.39, 0.29) is 11.5 Å². The summed E-state index contributed by atoms with van der Waals surface area (Å²) in [6, 6.07) is 18.8. The Labute approximate surface area is 224 Å². The maximum absolute atomic E-state index is 13.7.